The van der Waals surface area contributed by atoms with Crippen LogP contribution in [0.4, 0.5) is 0 Å². The number of carbonyl (C=O) groups is 1. The fourth-order valence-electron chi connectivity index (χ4n) is 1.65. The van der Waals surface area contributed by atoms with Crippen molar-refractivity contribution in [1.29, 1.82) is 0 Å². The average molecular weight is 206 g/mol. The Balaban J connectivity index is 3.00. The van der Waals surface area contributed by atoms with Gasteiger partial charge in [-0.15, -0.1) is 0 Å². The Bertz CT molecular complexity index is 356. The molecular formula is C13H18O2. The molecule has 1 aromatic rings. The molecule has 0 aromatic heterocycles. The first-order chi connectivity index (χ1) is 7.10. The third-order valence-electron chi connectivity index (χ3n) is 2.81. The summed E-state index contributed by atoms with van der Waals surface area (Å²) in [7, 11) is 1.42. The zero-order chi connectivity index (χ0) is 11.4. The number of aryl methyl sites for hydroxylation is 2. The van der Waals surface area contributed by atoms with E-state index in [1.807, 2.05) is 13.0 Å². The van der Waals surface area contributed by atoms with Gasteiger partial charge in [-0.05, 0) is 37.0 Å². The summed E-state index contributed by atoms with van der Waals surface area (Å²) in [6.07, 6.45) is 0.994. The van der Waals surface area contributed by atoms with E-state index in [4.69, 9.17) is 4.74 Å². The summed E-state index contributed by atoms with van der Waals surface area (Å²) in [5, 5.41) is 0. The molecule has 0 radical (unpaired) electrons. The summed E-state index contributed by atoms with van der Waals surface area (Å²) in [6, 6.07) is 6.15. The molecule has 1 atom stereocenters. The minimum Gasteiger partial charge on any atom is -0.469 e. The predicted octanol–water partition coefficient (Wildman–Crippen LogP) is 2.83. The van der Waals surface area contributed by atoms with Crippen LogP contribution in [0.2, 0.25) is 0 Å². The minimum atomic E-state index is -0.180. The maximum atomic E-state index is 11.4. The summed E-state index contributed by atoms with van der Waals surface area (Å²) in [5.41, 5.74) is 3.60. The van der Waals surface area contributed by atoms with Crippen LogP contribution in [-0.4, -0.2) is 13.1 Å². The molecule has 1 aromatic carbocycles. The van der Waals surface area contributed by atoms with E-state index in [9.17, 15) is 4.79 Å². The van der Waals surface area contributed by atoms with E-state index in [0.29, 0.717) is 0 Å². The van der Waals surface area contributed by atoms with Crippen molar-refractivity contribution in [3.63, 3.8) is 0 Å². The molecule has 0 N–H and O–H groups in total. The Hall–Kier alpha value is -1.31. The monoisotopic (exact) mass is 206 g/mol. The highest BCUT2D eigenvalue weighted by atomic mass is 16.5. The number of benzene rings is 1. The van der Waals surface area contributed by atoms with Crippen molar-refractivity contribution in [2.75, 3.05) is 7.11 Å². The second-order valence-corrected chi connectivity index (χ2v) is 3.78. The summed E-state index contributed by atoms with van der Waals surface area (Å²) in [5.74, 6) is -0.359. The molecule has 82 valence electrons. The summed E-state index contributed by atoms with van der Waals surface area (Å²) < 4.78 is 4.73. The molecule has 0 amide bonds. The number of esters is 1. The zero-order valence-electron chi connectivity index (χ0n) is 9.83. The van der Waals surface area contributed by atoms with Crippen LogP contribution in [0.1, 0.15) is 36.5 Å². The highest BCUT2D eigenvalue weighted by Gasteiger charge is 2.15. The smallest absolute Gasteiger partial charge is 0.312 e. The van der Waals surface area contributed by atoms with Gasteiger partial charge in [0.1, 0.15) is 0 Å². The lowest BCUT2D eigenvalue weighted by Crippen LogP contribution is -2.11. The van der Waals surface area contributed by atoms with Gasteiger partial charge >= 0.3 is 5.97 Å². The standard InChI is InChI=1S/C13H18O2/c1-5-11-8-12(7-6-9(11)2)10(3)13(14)15-4/h6-8,10H,5H2,1-4H3. The van der Waals surface area contributed by atoms with Crippen molar-refractivity contribution in [3.8, 4) is 0 Å². The molecule has 1 unspecified atom stereocenters. The van der Waals surface area contributed by atoms with E-state index in [1.54, 1.807) is 0 Å². The number of hydrogen-bond donors (Lipinski definition) is 0. The van der Waals surface area contributed by atoms with Crippen LogP contribution >= 0.6 is 0 Å². The van der Waals surface area contributed by atoms with Gasteiger partial charge in [-0.25, -0.2) is 0 Å². The maximum Gasteiger partial charge on any atom is 0.312 e. The third-order valence-corrected chi connectivity index (χ3v) is 2.81. The van der Waals surface area contributed by atoms with Gasteiger partial charge in [0.25, 0.3) is 0 Å². The predicted molar refractivity (Wildman–Crippen MR) is 61.0 cm³/mol. The Morgan fingerprint density at radius 2 is 2.13 bits per heavy atom. The first-order valence-corrected chi connectivity index (χ1v) is 5.27. The van der Waals surface area contributed by atoms with Crippen LogP contribution < -0.4 is 0 Å². The highest BCUT2D eigenvalue weighted by Crippen LogP contribution is 2.20. The quantitative estimate of drug-likeness (QED) is 0.711. The zero-order valence-corrected chi connectivity index (χ0v) is 9.83. The van der Waals surface area contributed by atoms with E-state index in [2.05, 4.69) is 26.0 Å². The lowest BCUT2D eigenvalue weighted by atomic mass is 9.95. The lowest BCUT2D eigenvalue weighted by molar-refractivity contribution is -0.141. The van der Waals surface area contributed by atoms with Crippen molar-refractivity contribution >= 4 is 5.97 Å². The number of carbonyl (C=O) groups excluding carboxylic acids is 1. The van der Waals surface area contributed by atoms with Crippen LogP contribution in [0.3, 0.4) is 0 Å². The second-order valence-electron chi connectivity index (χ2n) is 3.78. The SMILES string of the molecule is CCc1cc(C(C)C(=O)OC)ccc1C. The van der Waals surface area contributed by atoms with E-state index in [0.717, 1.165) is 12.0 Å². The van der Waals surface area contributed by atoms with Gasteiger partial charge in [-0.2, -0.15) is 0 Å². The van der Waals surface area contributed by atoms with Gasteiger partial charge in [0.15, 0.2) is 0 Å². The van der Waals surface area contributed by atoms with Gasteiger partial charge in [0.05, 0.1) is 13.0 Å². The molecule has 0 aliphatic heterocycles. The number of ether oxygens (including phenoxy) is 1. The van der Waals surface area contributed by atoms with E-state index in [-0.39, 0.29) is 11.9 Å². The molecule has 1 rings (SSSR count). The molecule has 0 saturated heterocycles. The first-order valence-electron chi connectivity index (χ1n) is 5.27. The van der Waals surface area contributed by atoms with Crippen LogP contribution in [0.15, 0.2) is 18.2 Å². The summed E-state index contributed by atoms with van der Waals surface area (Å²) in [4.78, 5) is 11.4. The van der Waals surface area contributed by atoms with Crippen LogP contribution in [0.25, 0.3) is 0 Å². The van der Waals surface area contributed by atoms with Gasteiger partial charge < -0.3 is 4.74 Å². The third kappa shape index (κ3) is 2.58. The van der Waals surface area contributed by atoms with Gasteiger partial charge in [-0.3, -0.25) is 4.79 Å². The van der Waals surface area contributed by atoms with E-state index < -0.39 is 0 Å². The van der Waals surface area contributed by atoms with Crippen molar-refractivity contribution in [3.05, 3.63) is 34.9 Å². The average Bonchev–Trinajstić information content (AvgIpc) is 2.27. The van der Waals surface area contributed by atoms with E-state index in [1.165, 1.54) is 18.2 Å². The normalized spacial score (nSPS) is 12.3. The van der Waals surface area contributed by atoms with Crippen molar-refractivity contribution in [1.82, 2.24) is 0 Å². The Morgan fingerprint density at radius 1 is 1.47 bits per heavy atom. The Kier molecular flexibility index (Phi) is 3.89. The first kappa shape index (κ1) is 11.8. The molecule has 0 aliphatic carbocycles. The fraction of sp³-hybridized carbons (Fsp3) is 0.462. The Labute approximate surface area is 91.3 Å². The molecular weight excluding hydrogens is 188 g/mol. The molecule has 0 heterocycles. The number of hydrogen-bond acceptors (Lipinski definition) is 2. The summed E-state index contributed by atoms with van der Waals surface area (Å²) in [6.45, 7) is 6.08. The molecule has 2 nitrogen and oxygen atoms in total. The molecule has 0 fully saturated rings. The molecule has 0 saturated carbocycles. The van der Waals surface area contributed by atoms with E-state index >= 15 is 0 Å². The number of rotatable bonds is 3. The van der Waals surface area contributed by atoms with Crippen LogP contribution in [0, 0.1) is 6.92 Å². The van der Waals surface area contributed by atoms with Gasteiger partial charge in [0.2, 0.25) is 0 Å². The summed E-state index contributed by atoms with van der Waals surface area (Å²) >= 11 is 0. The second kappa shape index (κ2) is 4.96. The van der Waals surface area contributed by atoms with Gasteiger partial charge in [0, 0.05) is 0 Å². The van der Waals surface area contributed by atoms with Gasteiger partial charge in [-0.1, -0.05) is 25.1 Å². The molecule has 0 spiro atoms. The largest absolute Gasteiger partial charge is 0.469 e. The molecule has 2 heteroatoms. The lowest BCUT2D eigenvalue weighted by Gasteiger charge is -2.12. The van der Waals surface area contributed by atoms with Crippen molar-refractivity contribution in [2.24, 2.45) is 0 Å². The molecule has 15 heavy (non-hydrogen) atoms. The van der Waals surface area contributed by atoms with Crippen molar-refractivity contribution in [2.45, 2.75) is 33.1 Å². The molecule has 0 bridgehead atoms. The van der Waals surface area contributed by atoms with Crippen LogP contribution in [-0.2, 0) is 16.0 Å². The topological polar surface area (TPSA) is 26.3 Å². The fourth-order valence-corrected chi connectivity index (χ4v) is 1.65. The minimum absolute atomic E-state index is 0.180. The van der Waals surface area contributed by atoms with Crippen molar-refractivity contribution < 1.29 is 9.53 Å². The van der Waals surface area contributed by atoms with Crippen LogP contribution in [0.5, 0.6) is 0 Å². The maximum absolute atomic E-state index is 11.4. The number of methoxy groups -OCH3 is 1. The highest BCUT2D eigenvalue weighted by molar-refractivity contribution is 5.77. The Morgan fingerprint density at radius 3 is 2.67 bits per heavy atom. The molecule has 0 aliphatic rings.